The number of benzene rings is 3. The number of nitro benzene ring substituents is 1. The molecule has 39 heavy (non-hydrogen) atoms. The SMILES string of the molecule is CC(C)CN(C[C@@H](O)[C@H](Cc1ccccc1)NC(=O)c1ccc(O)c(O)c1)S(=O)(=O)c1ccc([N+](=O)[O-])cc1. The number of sulfonamides is 1. The van der Waals surface area contributed by atoms with Crippen molar-refractivity contribution in [2.75, 3.05) is 13.1 Å². The lowest BCUT2D eigenvalue weighted by Gasteiger charge is -2.30. The number of aliphatic hydroxyl groups excluding tert-OH is 1. The van der Waals surface area contributed by atoms with Crippen LogP contribution in [-0.2, 0) is 16.4 Å². The first-order valence-corrected chi connectivity index (χ1v) is 13.6. The number of carbonyl (C=O) groups excluding carboxylic acids is 1. The number of hydrogen-bond acceptors (Lipinski definition) is 8. The number of nitrogens with one attached hydrogen (secondary N) is 1. The van der Waals surface area contributed by atoms with E-state index in [1.54, 1.807) is 24.3 Å². The van der Waals surface area contributed by atoms with Crippen molar-refractivity contribution in [2.24, 2.45) is 5.92 Å². The lowest BCUT2D eigenvalue weighted by molar-refractivity contribution is -0.384. The molecule has 3 rings (SSSR count). The molecule has 1 amide bonds. The molecule has 0 saturated heterocycles. The van der Waals surface area contributed by atoms with Gasteiger partial charge in [-0.05, 0) is 48.2 Å². The third kappa shape index (κ3) is 7.76. The van der Waals surface area contributed by atoms with Gasteiger partial charge in [0.1, 0.15) is 0 Å². The largest absolute Gasteiger partial charge is 0.504 e. The second-order valence-electron chi connectivity index (χ2n) is 9.51. The Kier molecular flexibility index (Phi) is 9.62. The van der Waals surface area contributed by atoms with Crippen LogP contribution >= 0.6 is 0 Å². The molecule has 0 spiro atoms. The lowest BCUT2D eigenvalue weighted by Crippen LogP contribution is -2.51. The Hall–Kier alpha value is -4.00. The number of non-ortho nitro benzene ring substituents is 1. The first-order chi connectivity index (χ1) is 18.4. The van der Waals surface area contributed by atoms with Gasteiger partial charge in [0.15, 0.2) is 11.5 Å². The van der Waals surface area contributed by atoms with E-state index >= 15 is 0 Å². The zero-order valence-electron chi connectivity index (χ0n) is 21.5. The minimum Gasteiger partial charge on any atom is -0.504 e. The number of phenolic OH excluding ortho intramolecular Hbond substituents is 2. The molecule has 12 heteroatoms. The summed E-state index contributed by atoms with van der Waals surface area (Å²) in [7, 11) is -4.15. The van der Waals surface area contributed by atoms with Crippen LogP contribution in [0.25, 0.3) is 0 Å². The van der Waals surface area contributed by atoms with Crippen molar-refractivity contribution < 1.29 is 33.5 Å². The quantitative estimate of drug-likeness (QED) is 0.150. The van der Waals surface area contributed by atoms with Crippen LogP contribution in [0.1, 0.15) is 29.8 Å². The van der Waals surface area contributed by atoms with Crippen molar-refractivity contribution in [3.05, 3.63) is 94.0 Å². The van der Waals surface area contributed by atoms with Gasteiger partial charge in [-0.15, -0.1) is 0 Å². The Labute approximate surface area is 226 Å². The molecular formula is C27H31N3O8S. The fourth-order valence-electron chi connectivity index (χ4n) is 3.97. The van der Waals surface area contributed by atoms with Crippen LogP contribution in [0, 0.1) is 16.0 Å². The van der Waals surface area contributed by atoms with E-state index in [2.05, 4.69) is 5.32 Å². The highest BCUT2D eigenvalue weighted by molar-refractivity contribution is 7.89. The van der Waals surface area contributed by atoms with Gasteiger partial charge in [-0.1, -0.05) is 44.2 Å². The number of carbonyl (C=O) groups is 1. The summed E-state index contributed by atoms with van der Waals surface area (Å²) in [6, 6.07) is 16.1. The molecule has 3 aromatic rings. The molecule has 208 valence electrons. The number of aromatic hydroxyl groups is 2. The van der Waals surface area contributed by atoms with Gasteiger partial charge in [0, 0.05) is 30.8 Å². The maximum Gasteiger partial charge on any atom is 0.269 e. The van der Waals surface area contributed by atoms with E-state index in [0.717, 1.165) is 46.3 Å². The van der Waals surface area contributed by atoms with Crippen molar-refractivity contribution in [2.45, 2.75) is 37.3 Å². The van der Waals surface area contributed by atoms with E-state index in [0.29, 0.717) is 0 Å². The molecule has 2 atom stereocenters. The Morgan fingerprint density at radius 3 is 2.18 bits per heavy atom. The fourth-order valence-corrected chi connectivity index (χ4v) is 5.59. The molecule has 0 aliphatic carbocycles. The van der Waals surface area contributed by atoms with Crippen LogP contribution in [0.4, 0.5) is 5.69 Å². The normalized spacial score (nSPS) is 13.3. The van der Waals surface area contributed by atoms with Crippen molar-refractivity contribution in [1.82, 2.24) is 9.62 Å². The van der Waals surface area contributed by atoms with Crippen LogP contribution in [0.15, 0.2) is 77.7 Å². The summed E-state index contributed by atoms with van der Waals surface area (Å²) in [5.74, 6) is -1.64. The van der Waals surface area contributed by atoms with Gasteiger partial charge >= 0.3 is 0 Å². The zero-order valence-corrected chi connectivity index (χ0v) is 22.3. The van der Waals surface area contributed by atoms with Crippen molar-refractivity contribution >= 4 is 21.6 Å². The number of aliphatic hydroxyl groups is 1. The molecule has 0 aromatic heterocycles. The standard InChI is InChI=1S/C27H31N3O8S/c1-18(2)16-29(39(37,38)22-11-9-21(10-12-22)30(35)36)17-26(33)23(14-19-6-4-3-5-7-19)28-27(34)20-8-13-24(31)25(32)15-20/h3-13,15,18,23,26,31-33H,14,16-17H2,1-2H3,(H,28,34)/t23-,26+/m0/s1. The van der Waals surface area contributed by atoms with Crippen molar-refractivity contribution in [3.63, 3.8) is 0 Å². The Balaban J connectivity index is 1.90. The smallest absolute Gasteiger partial charge is 0.269 e. The monoisotopic (exact) mass is 557 g/mol. The van der Waals surface area contributed by atoms with E-state index in [9.17, 15) is 38.6 Å². The van der Waals surface area contributed by atoms with Gasteiger partial charge in [-0.25, -0.2) is 8.42 Å². The summed E-state index contributed by atoms with van der Waals surface area (Å²) in [6.07, 6.45) is -1.18. The molecule has 3 aromatic carbocycles. The summed E-state index contributed by atoms with van der Waals surface area (Å²) in [6.45, 7) is 3.31. The van der Waals surface area contributed by atoms with Gasteiger partial charge in [-0.3, -0.25) is 14.9 Å². The van der Waals surface area contributed by atoms with E-state index < -0.39 is 44.5 Å². The van der Waals surface area contributed by atoms with Crippen LogP contribution in [-0.4, -0.2) is 64.1 Å². The highest BCUT2D eigenvalue weighted by Gasteiger charge is 2.32. The summed E-state index contributed by atoms with van der Waals surface area (Å²) >= 11 is 0. The van der Waals surface area contributed by atoms with Crippen LogP contribution in [0.5, 0.6) is 11.5 Å². The van der Waals surface area contributed by atoms with Crippen molar-refractivity contribution in [1.29, 1.82) is 0 Å². The minimum absolute atomic E-state index is 0.0353. The van der Waals surface area contributed by atoms with Crippen LogP contribution in [0.2, 0.25) is 0 Å². The summed E-state index contributed by atoms with van der Waals surface area (Å²) in [4.78, 5) is 23.2. The average Bonchev–Trinajstić information content (AvgIpc) is 2.89. The Morgan fingerprint density at radius 1 is 0.974 bits per heavy atom. The van der Waals surface area contributed by atoms with Gasteiger partial charge in [-0.2, -0.15) is 4.31 Å². The summed E-state index contributed by atoms with van der Waals surface area (Å²) < 4.78 is 28.1. The van der Waals surface area contributed by atoms with Crippen LogP contribution < -0.4 is 5.32 Å². The van der Waals surface area contributed by atoms with Gasteiger partial charge in [0.25, 0.3) is 11.6 Å². The third-order valence-corrected chi connectivity index (χ3v) is 7.81. The first kappa shape index (κ1) is 29.6. The summed E-state index contributed by atoms with van der Waals surface area (Å²) in [5.41, 5.74) is 0.562. The molecule has 0 unspecified atom stereocenters. The lowest BCUT2D eigenvalue weighted by atomic mass is 10.00. The molecule has 0 heterocycles. The molecule has 4 N–H and O–H groups in total. The van der Waals surface area contributed by atoms with Crippen molar-refractivity contribution in [3.8, 4) is 11.5 Å². The van der Waals surface area contributed by atoms with E-state index in [1.807, 2.05) is 19.9 Å². The maximum absolute atomic E-state index is 13.5. The predicted molar refractivity (Wildman–Crippen MR) is 144 cm³/mol. The van der Waals surface area contributed by atoms with Gasteiger partial charge in [0.05, 0.1) is 22.0 Å². The summed E-state index contributed by atoms with van der Waals surface area (Å²) in [5, 5.41) is 44.3. The molecule has 0 fully saturated rings. The van der Waals surface area contributed by atoms with E-state index in [-0.39, 0.29) is 41.6 Å². The molecule has 0 aliphatic rings. The molecule has 0 saturated carbocycles. The van der Waals surface area contributed by atoms with Gasteiger partial charge < -0.3 is 20.6 Å². The fraction of sp³-hybridized carbons (Fsp3) is 0.296. The molecule has 0 radical (unpaired) electrons. The zero-order chi connectivity index (χ0) is 28.7. The molecular weight excluding hydrogens is 526 g/mol. The Morgan fingerprint density at radius 2 is 1.62 bits per heavy atom. The highest BCUT2D eigenvalue weighted by atomic mass is 32.2. The average molecular weight is 558 g/mol. The number of nitro groups is 1. The second kappa shape index (κ2) is 12.7. The molecule has 0 aliphatic heterocycles. The first-order valence-electron chi connectivity index (χ1n) is 12.2. The minimum atomic E-state index is -4.15. The van der Waals surface area contributed by atoms with Gasteiger partial charge in [0.2, 0.25) is 10.0 Å². The number of nitrogens with zero attached hydrogens (tertiary/aromatic N) is 2. The van der Waals surface area contributed by atoms with Crippen LogP contribution in [0.3, 0.4) is 0 Å². The van der Waals surface area contributed by atoms with E-state index in [4.69, 9.17) is 0 Å². The number of rotatable bonds is 12. The predicted octanol–water partition coefficient (Wildman–Crippen LogP) is 3.05. The number of phenols is 2. The molecule has 0 bridgehead atoms. The maximum atomic E-state index is 13.5. The third-order valence-electron chi connectivity index (χ3n) is 5.96. The topological polar surface area (TPSA) is 170 Å². The molecule has 11 nitrogen and oxygen atoms in total. The highest BCUT2D eigenvalue weighted by Crippen LogP contribution is 2.25. The van der Waals surface area contributed by atoms with E-state index in [1.165, 1.54) is 6.07 Å². The Bertz CT molecular complexity index is 1400. The number of hydrogen-bond donors (Lipinski definition) is 4. The number of amides is 1. The second-order valence-corrected chi connectivity index (χ2v) is 11.4.